The lowest BCUT2D eigenvalue weighted by molar-refractivity contribution is 0.162. The topological polar surface area (TPSA) is 24.9 Å². The summed E-state index contributed by atoms with van der Waals surface area (Å²) in [6.07, 6.45) is 12.0. The van der Waals surface area contributed by atoms with Gasteiger partial charge in [-0.2, -0.15) is 0 Å². The molecule has 0 spiro atoms. The molecule has 3 unspecified atom stereocenters. The Kier molecular flexibility index (Phi) is 3.54. The van der Waals surface area contributed by atoms with Gasteiger partial charge in [0.25, 0.3) is 0 Å². The predicted octanol–water partition coefficient (Wildman–Crippen LogP) is 5.01. The van der Waals surface area contributed by atoms with Crippen LogP contribution in [0.5, 0.6) is 0 Å². The SMILES string of the molecule is c1ccc2ncc(NC3CCC4CCCCC4C3)cc2c1. The third-order valence-electron chi connectivity index (χ3n) is 5.50. The first-order valence-corrected chi connectivity index (χ1v) is 8.50. The van der Waals surface area contributed by atoms with Crippen LogP contribution in [0, 0.1) is 11.8 Å². The minimum atomic E-state index is 0.646. The summed E-state index contributed by atoms with van der Waals surface area (Å²) < 4.78 is 0. The van der Waals surface area contributed by atoms with Gasteiger partial charge in [0.05, 0.1) is 17.4 Å². The van der Waals surface area contributed by atoms with E-state index < -0.39 is 0 Å². The normalized spacial score (nSPS) is 29.0. The number of pyridine rings is 1. The third-order valence-corrected chi connectivity index (χ3v) is 5.50. The third kappa shape index (κ3) is 2.76. The van der Waals surface area contributed by atoms with E-state index in [9.17, 15) is 0 Å². The number of rotatable bonds is 2. The van der Waals surface area contributed by atoms with Gasteiger partial charge in [-0.05, 0) is 43.2 Å². The summed E-state index contributed by atoms with van der Waals surface area (Å²) in [4.78, 5) is 4.57. The Labute approximate surface area is 127 Å². The lowest BCUT2D eigenvalue weighted by Gasteiger charge is -2.39. The second-order valence-corrected chi connectivity index (χ2v) is 6.88. The van der Waals surface area contributed by atoms with E-state index in [1.807, 2.05) is 12.3 Å². The average molecular weight is 280 g/mol. The van der Waals surface area contributed by atoms with E-state index in [0.29, 0.717) is 6.04 Å². The zero-order chi connectivity index (χ0) is 14.1. The number of anilines is 1. The fourth-order valence-electron chi connectivity index (χ4n) is 4.39. The fraction of sp³-hybridized carbons (Fsp3) is 0.526. The van der Waals surface area contributed by atoms with Crippen LogP contribution in [0.15, 0.2) is 36.5 Å². The van der Waals surface area contributed by atoms with Crippen LogP contribution in [0.3, 0.4) is 0 Å². The van der Waals surface area contributed by atoms with Crippen molar-refractivity contribution in [3.63, 3.8) is 0 Å². The number of nitrogens with zero attached hydrogens (tertiary/aromatic N) is 1. The highest BCUT2D eigenvalue weighted by Gasteiger charge is 2.31. The average Bonchev–Trinajstić information content (AvgIpc) is 2.55. The molecule has 0 radical (unpaired) electrons. The summed E-state index contributed by atoms with van der Waals surface area (Å²) in [7, 11) is 0. The Balaban J connectivity index is 1.47. The molecule has 2 saturated carbocycles. The first-order valence-electron chi connectivity index (χ1n) is 8.50. The molecule has 2 nitrogen and oxygen atoms in total. The fourth-order valence-corrected chi connectivity index (χ4v) is 4.39. The van der Waals surface area contributed by atoms with Crippen LogP contribution in [0.25, 0.3) is 10.9 Å². The summed E-state index contributed by atoms with van der Waals surface area (Å²) in [5.41, 5.74) is 2.27. The largest absolute Gasteiger partial charge is 0.381 e. The van der Waals surface area contributed by atoms with E-state index in [1.54, 1.807) is 0 Å². The van der Waals surface area contributed by atoms with Crippen molar-refractivity contribution in [3.05, 3.63) is 36.5 Å². The first-order chi connectivity index (χ1) is 10.4. The van der Waals surface area contributed by atoms with Crippen molar-refractivity contribution in [2.24, 2.45) is 11.8 Å². The quantitative estimate of drug-likeness (QED) is 0.836. The van der Waals surface area contributed by atoms with Crippen LogP contribution in [-0.2, 0) is 0 Å². The van der Waals surface area contributed by atoms with Crippen LogP contribution in [-0.4, -0.2) is 11.0 Å². The number of aromatic nitrogens is 1. The van der Waals surface area contributed by atoms with Crippen molar-refractivity contribution in [1.29, 1.82) is 0 Å². The standard InChI is InChI=1S/C19H24N2/c1-2-6-15-11-17(10-9-14(15)5-1)21-18-12-16-7-3-4-8-19(16)20-13-18/h3-4,7-8,12-15,17,21H,1-2,5-6,9-11H2. The minimum Gasteiger partial charge on any atom is -0.381 e. The maximum atomic E-state index is 4.57. The van der Waals surface area contributed by atoms with Gasteiger partial charge in [0.15, 0.2) is 0 Å². The number of hydrogen-bond acceptors (Lipinski definition) is 2. The molecule has 0 bridgehead atoms. The number of hydrogen-bond donors (Lipinski definition) is 1. The van der Waals surface area contributed by atoms with Gasteiger partial charge < -0.3 is 5.32 Å². The Hall–Kier alpha value is -1.57. The van der Waals surface area contributed by atoms with Crippen molar-refractivity contribution in [2.75, 3.05) is 5.32 Å². The molecule has 4 rings (SSSR count). The van der Waals surface area contributed by atoms with Crippen molar-refractivity contribution >= 4 is 16.6 Å². The molecule has 1 aromatic carbocycles. The second kappa shape index (κ2) is 5.67. The van der Waals surface area contributed by atoms with Crippen LogP contribution >= 0.6 is 0 Å². The summed E-state index contributed by atoms with van der Waals surface area (Å²) in [6.45, 7) is 0. The van der Waals surface area contributed by atoms with Gasteiger partial charge in [0.1, 0.15) is 0 Å². The molecule has 1 N–H and O–H groups in total. The second-order valence-electron chi connectivity index (χ2n) is 6.88. The predicted molar refractivity (Wildman–Crippen MR) is 88.5 cm³/mol. The summed E-state index contributed by atoms with van der Waals surface area (Å²) >= 11 is 0. The van der Waals surface area contributed by atoms with Crippen molar-refractivity contribution in [1.82, 2.24) is 4.98 Å². The number of fused-ring (bicyclic) bond motifs is 2. The molecule has 0 aliphatic heterocycles. The molecule has 1 aromatic heterocycles. The van der Waals surface area contributed by atoms with E-state index in [4.69, 9.17) is 0 Å². The van der Waals surface area contributed by atoms with Gasteiger partial charge >= 0.3 is 0 Å². The van der Waals surface area contributed by atoms with Crippen LogP contribution < -0.4 is 5.32 Å². The van der Waals surface area contributed by atoms with Gasteiger partial charge in [0.2, 0.25) is 0 Å². The van der Waals surface area contributed by atoms with Gasteiger partial charge in [0, 0.05) is 11.4 Å². The molecule has 2 aliphatic rings. The lowest BCUT2D eigenvalue weighted by atomic mass is 9.69. The molecule has 2 aromatic rings. The van der Waals surface area contributed by atoms with Gasteiger partial charge in [-0.3, -0.25) is 4.98 Å². The molecule has 2 heteroatoms. The Morgan fingerprint density at radius 3 is 2.76 bits per heavy atom. The first kappa shape index (κ1) is 13.1. The Bertz CT molecular complexity index is 622. The Morgan fingerprint density at radius 2 is 1.81 bits per heavy atom. The van der Waals surface area contributed by atoms with Gasteiger partial charge in [-0.25, -0.2) is 0 Å². The molecule has 2 fully saturated rings. The highest BCUT2D eigenvalue weighted by atomic mass is 14.9. The molecule has 2 aliphatic carbocycles. The Morgan fingerprint density at radius 1 is 0.952 bits per heavy atom. The number of benzene rings is 1. The molecule has 1 heterocycles. The maximum absolute atomic E-state index is 4.57. The molecular formula is C19H24N2. The summed E-state index contributed by atoms with van der Waals surface area (Å²) in [5.74, 6) is 1.99. The molecule has 0 saturated heterocycles. The van der Waals surface area contributed by atoms with E-state index in [0.717, 1.165) is 17.4 Å². The van der Waals surface area contributed by atoms with E-state index in [-0.39, 0.29) is 0 Å². The van der Waals surface area contributed by atoms with Crippen LogP contribution in [0.4, 0.5) is 5.69 Å². The molecule has 21 heavy (non-hydrogen) atoms. The van der Waals surface area contributed by atoms with Crippen molar-refractivity contribution in [2.45, 2.75) is 51.0 Å². The van der Waals surface area contributed by atoms with Crippen LogP contribution in [0.1, 0.15) is 44.9 Å². The van der Waals surface area contributed by atoms with E-state index in [2.05, 4.69) is 34.6 Å². The molecule has 110 valence electrons. The molecule has 3 atom stereocenters. The highest BCUT2D eigenvalue weighted by molar-refractivity contribution is 5.81. The van der Waals surface area contributed by atoms with Gasteiger partial charge in [-0.1, -0.05) is 43.9 Å². The van der Waals surface area contributed by atoms with E-state index in [1.165, 1.54) is 56.0 Å². The lowest BCUT2D eigenvalue weighted by Crippen LogP contribution is -2.34. The van der Waals surface area contributed by atoms with Crippen molar-refractivity contribution in [3.8, 4) is 0 Å². The smallest absolute Gasteiger partial charge is 0.0703 e. The molecular weight excluding hydrogens is 256 g/mol. The number of para-hydroxylation sites is 1. The zero-order valence-corrected chi connectivity index (χ0v) is 12.6. The van der Waals surface area contributed by atoms with E-state index >= 15 is 0 Å². The summed E-state index contributed by atoms with van der Waals surface area (Å²) in [6, 6.07) is 11.2. The number of nitrogens with one attached hydrogen (secondary N) is 1. The van der Waals surface area contributed by atoms with Crippen LogP contribution in [0.2, 0.25) is 0 Å². The van der Waals surface area contributed by atoms with Crippen molar-refractivity contribution < 1.29 is 0 Å². The summed E-state index contributed by atoms with van der Waals surface area (Å²) in [5, 5.41) is 4.97. The maximum Gasteiger partial charge on any atom is 0.0703 e. The highest BCUT2D eigenvalue weighted by Crippen LogP contribution is 2.41. The zero-order valence-electron chi connectivity index (χ0n) is 12.6. The monoisotopic (exact) mass is 280 g/mol. The van der Waals surface area contributed by atoms with Gasteiger partial charge in [-0.15, -0.1) is 0 Å². The molecule has 0 amide bonds. The minimum absolute atomic E-state index is 0.646.